The van der Waals surface area contributed by atoms with Crippen LogP contribution in [0.3, 0.4) is 0 Å². The molecule has 0 aromatic carbocycles. The predicted molar refractivity (Wildman–Crippen MR) is 61.1 cm³/mol. The van der Waals surface area contributed by atoms with E-state index in [1.54, 1.807) is 0 Å². The third-order valence-electron chi connectivity index (χ3n) is 1.46. The molecule has 0 aliphatic carbocycles. The van der Waals surface area contributed by atoms with Gasteiger partial charge >= 0.3 is 23.5 Å². The number of hydrogen-bond donors (Lipinski definition) is 5. The van der Waals surface area contributed by atoms with Gasteiger partial charge in [0, 0.05) is 6.42 Å². The highest BCUT2D eigenvalue weighted by atomic mass is 31.3. The Hall–Kier alpha value is 0.0400. The van der Waals surface area contributed by atoms with Crippen molar-refractivity contribution < 1.29 is 56.3 Å². The van der Waals surface area contributed by atoms with Crippen LogP contribution in [0.15, 0.2) is 0 Å². The van der Waals surface area contributed by atoms with Gasteiger partial charge in [0.2, 0.25) is 0 Å². The first-order chi connectivity index (χ1) is 8.87. The molecule has 0 saturated heterocycles. The van der Waals surface area contributed by atoms with E-state index in [9.17, 15) is 18.5 Å². The molecule has 15 heteroatoms. The normalized spacial score (nSPS) is 19.9. The van der Waals surface area contributed by atoms with E-state index in [1.807, 2.05) is 0 Å². The maximum Gasteiger partial charge on any atom is 0.490 e. The first-order valence-corrected chi connectivity index (χ1v) is 9.29. The lowest BCUT2D eigenvalue weighted by Crippen LogP contribution is -2.14. The average molecular weight is 358 g/mol. The molecule has 0 bridgehead atoms. The maximum absolute atomic E-state index is 11.2. The Labute approximate surface area is 112 Å². The van der Waals surface area contributed by atoms with Crippen LogP contribution in [0.4, 0.5) is 0 Å². The Kier molecular flexibility index (Phi) is 7.90. The summed E-state index contributed by atoms with van der Waals surface area (Å²) in [7, 11) is -16.2. The molecule has 20 heavy (non-hydrogen) atoms. The number of phosphoric ester groups is 1. The number of hydrogen-bond acceptors (Lipinski definition) is 8. The summed E-state index contributed by atoms with van der Waals surface area (Å²) in [4.78, 5) is 44.3. The summed E-state index contributed by atoms with van der Waals surface area (Å²) in [6, 6.07) is 0. The van der Waals surface area contributed by atoms with Crippen molar-refractivity contribution in [3.8, 4) is 0 Å². The Morgan fingerprint density at radius 2 is 1.55 bits per heavy atom. The highest BCUT2D eigenvalue weighted by molar-refractivity contribution is 7.66. The molecule has 0 aromatic rings. The predicted octanol–water partition coefficient (Wildman–Crippen LogP) is -0.330. The largest absolute Gasteiger partial charge is 0.490 e. The minimum Gasteiger partial charge on any atom is -0.391 e. The zero-order valence-electron chi connectivity index (χ0n) is 9.71. The summed E-state index contributed by atoms with van der Waals surface area (Å²) in [5.41, 5.74) is 0. The van der Waals surface area contributed by atoms with Crippen molar-refractivity contribution in [3.63, 3.8) is 0 Å². The molecule has 0 saturated carbocycles. The van der Waals surface area contributed by atoms with Gasteiger partial charge in [-0.05, 0) is 6.42 Å². The molecule has 0 aliphatic heterocycles. The molecule has 120 valence electrons. The fourth-order valence-electron chi connectivity index (χ4n) is 0.827. The third kappa shape index (κ3) is 10.8. The molecule has 0 rings (SSSR count). The van der Waals surface area contributed by atoms with Crippen molar-refractivity contribution >= 4 is 29.8 Å². The zero-order chi connectivity index (χ0) is 16.0. The second-order valence-corrected chi connectivity index (χ2v) is 7.70. The van der Waals surface area contributed by atoms with Gasteiger partial charge in [0.25, 0.3) is 0 Å². The molecule has 0 aliphatic rings. The van der Waals surface area contributed by atoms with E-state index in [-0.39, 0.29) is 12.8 Å². The number of carbonyl (C=O) groups excluding carboxylic acids is 1. The topological polar surface area (TPSA) is 197 Å². The number of aldehydes is 1. The molecular formula is C5H13O12P3. The van der Waals surface area contributed by atoms with E-state index in [0.29, 0.717) is 6.29 Å². The average Bonchev–Trinajstić information content (AvgIpc) is 2.18. The van der Waals surface area contributed by atoms with Gasteiger partial charge in [0.1, 0.15) is 6.29 Å². The lowest BCUT2D eigenvalue weighted by Gasteiger charge is -2.17. The van der Waals surface area contributed by atoms with Gasteiger partial charge in [0.05, 0.1) is 12.7 Å². The standard InChI is InChI=1S/C5H13O12P3/c6-3-1-2-5(7)4-15-19(11,12)17-20(13,14)16-18(8,9)10/h3,5,7H,1-2,4H2,(H,11,12)(H,13,14)(H2,8,9,10)/t5-/m0/s1. The van der Waals surface area contributed by atoms with Crippen molar-refractivity contribution in [1.82, 2.24) is 0 Å². The maximum atomic E-state index is 11.2. The molecule has 0 heterocycles. The first-order valence-electron chi connectivity index (χ1n) is 4.77. The van der Waals surface area contributed by atoms with E-state index in [1.165, 1.54) is 0 Å². The number of rotatable bonds is 10. The zero-order valence-corrected chi connectivity index (χ0v) is 12.4. The minimum atomic E-state index is -5.56. The number of phosphoric acid groups is 3. The van der Waals surface area contributed by atoms with Crippen LogP contribution in [0.5, 0.6) is 0 Å². The van der Waals surface area contributed by atoms with Crippen LogP contribution in [-0.2, 0) is 31.6 Å². The molecule has 0 radical (unpaired) electrons. The third-order valence-corrected chi connectivity index (χ3v) is 5.27. The highest BCUT2D eigenvalue weighted by Gasteiger charge is 2.40. The van der Waals surface area contributed by atoms with Crippen molar-refractivity contribution in [3.05, 3.63) is 0 Å². The van der Waals surface area contributed by atoms with Gasteiger partial charge in [-0.3, -0.25) is 4.52 Å². The summed E-state index contributed by atoms with van der Waals surface area (Å²) in [6.45, 7) is -0.822. The summed E-state index contributed by atoms with van der Waals surface area (Å²) in [5, 5.41) is 9.17. The minimum absolute atomic E-state index is 0.0546. The van der Waals surface area contributed by atoms with Crippen LogP contribution >= 0.6 is 23.5 Å². The van der Waals surface area contributed by atoms with Gasteiger partial charge in [-0.25, -0.2) is 13.7 Å². The molecule has 0 fully saturated rings. The smallest absolute Gasteiger partial charge is 0.391 e. The monoisotopic (exact) mass is 358 g/mol. The van der Waals surface area contributed by atoms with E-state index in [2.05, 4.69) is 13.1 Å². The van der Waals surface area contributed by atoms with Gasteiger partial charge < -0.3 is 29.5 Å². The van der Waals surface area contributed by atoms with Crippen LogP contribution in [0.2, 0.25) is 0 Å². The Bertz CT molecular complexity index is 454. The number of aliphatic hydroxyl groups is 1. The lowest BCUT2D eigenvalue weighted by atomic mass is 10.2. The molecule has 3 atom stereocenters. The molecule has 5 N–H and O–H groups in total. The molecule has 0 amide bonds. The van der Waals surface area contributed by atoms with E-state index in [4.69, 9.17) is 24.7 Å². The van der Waals surface area contributed by atoms with Crippen LogP contribution in [0, 0.1) is 0 Å². The van der Waals surface area contributed by atoms with Crippen molar-refractivity contribution in [2.75, 3.05) is 6.61 Å². The Morgan fingerprint density at radius 1 is 1.00 bits per heavy atom. The number of aliphatic hydroxyl groups excluding tert-OH is 1. The highest BCUT2D eigenvalue weighted by Crippen LogP contribution is 2.66. The number of carbonyl (C=O) groups is 1. The molecule has 12 nitrogen and oxygen atoms in total. The van der Waals surface area contributed by atoms with Crippen LogP contribution in [0.1, 0.15) is 12.8 Å². The van der Waals surface area contributed by atoms with Crippen molar-refractivity contribution in [2.45, 2.75) is 18.9 Å². The fraction of sp³-hybridized carbons (Fsp3) is 0.800. The Balaban J connectivity index is 4.44. The van der Waals surface area contributed by atoms with Crippen molar-refractivity contribution in [2.24, 2.45) is 0 Å². The molecule has 2 unspecified atom stereocenters. The van der Waals surface area contributed by atoms with Crippen LogP contribution in [0.25, 0.3) is 0 Å². The van der Waals surface area contributed by atoms with Gasteiger partial charge in [-0.2, -0.15) is 8.62 Å². The molecule has 0 aromatic heterocycles. The van der Waals surface area contributed by atoms with E-state index in [0.717, 1.165) is 0 Å². The van der Waals surface area contributed by atoms with Crippen LogP contribution in [-0.4, -0.2) is 43.7 Å². The summed E-state index contributed by atoms with van der Waals surface area (Å²) in [6.07, 6.45) is -1.00. The van der Waals surface area contributed by atoms with Crippen molar-refractivity contribution in [1.29, 1.82) is 0 Å². The van der Waals surface area contributed by atoms with Gasteiger partial charge in [-0.1, -0.05) is 0 Å². The second-order valence-electron chi connectivity index (χ2n) is 3.28. The SMILES string of the molecule is O=CCC[C@H](O)COP(=O)(O)OP(=O)(O)OP(=O)(O)O. The van der Waals surface area contributed by atoms with Gasteiger partial charge in [0.15, 0.2) is 0 Å². The summed E-state index contributed by atoms with van der Waals surface area (Å²) < 4.78 is 43.3. The quantitative estimate of drug-likeness (QED) is 0.252. The second kappa shape index (κ2) is 7.88. The van der Waals surface area contributed by atoms with Crippen LogP contribution < -0.4 is 0 Å². The summed E-state index contributed by atoms with van der Waals surface area (Å²) in [5.74, 6) is 0. The first kappa shape index (κ1) is 20.0. The lowest BCUT2D eigenvalue weighted by molar-refractivity contribution is -0.108. The summed E-state index contributed by atoms with van der Waals surface area (Å²) >= 11 is 0. The molecular weight excluding hydrogens is 345 g/mol. The van der Waals surface area contributed by atoms with E-state index >= 15 is 0 Å². The van der Waals surface area contributed by atoms with E-state index < -0.39 is 36.2 Å². The molecule has 0 spiro atoms. The van der Waals surface area contributed by atoms with Gasteiger partial charge in [-0.15, -0.1) is 0 Å². The Morgan fingerprint density at radius 3 is 2.00 bits per heavy atom. The fourth-order valence-corrected chi connectivity index (χ4v) is 3.88.